The summed E-state index contributed by atoms with van der Waals surface area (Å²) in [6, 6.07) is 6.01. The molecule has 0 aliphatic heterocycles. The van der Waals surface area contributed by atoms with Gasteiger partial charge in [0, 0.05) is 10.1 Å². The quantitative estimate of drug-likeness (QED) is 0.905. The van der Waals surface area contributed by atoms with Crippen molar-refractivity contribution in [3.63, 3.8) is 0 Å². The van der Waals surface area contributed by atoms with Gasteiger partial charge in [0.2, 0.25) is 0 Å². The van der Waals surface area contributed by atoms with Crippen molar-refractivity contribution in [1.82, 2.24) is 0 Å². The Morgan fingerprint density at radius 1 is 1.50 bits per heavy atom. The van der Waals surface area contributed by atoms with Crippen LogP contribution in [0.25, 0.3) is 10.1 Å². The van der Waals surface area contributed by atoms with Crippen molar-refractivity contribution < 1.29 is 4.74 Å². The summed E-state index contributed by atoms with van der Waals surface area (Å²) in [7, 11) is 0. The molecule has 0 radical (unpaired) electrons. The number of rotatable bonds is 2. The Morgan fingerprint density at radius 3 is 3.00 bits per heavy atom. The van der Waals surface area contributed by atoms with E-state index in [1.54, 1.807) is 11.3 Å². The molecule has 0 saturated carbocycles. The number of thiophene rings is 1. The Kier molecular flexibility index (Phi) is 2.65. The minimum atomic E-state index is 0.683. The minimum absolute atomic E-state index is 0.683. The molecule has 0 spiro atoms. The van der Waals surface area contributed by atoms with Crippen LogP contribution in [0.5, 0.6) is 5.75 Å². The third-order valence-corrected chi connectivity index (χ3v) is 4.05. The molecule has 2 rings (SSSR count). The Hall–Kier alpha value is -0.740. The van der Waals surface area contributed by atoms with Gasteiger partial charge in [0.25, 0.3) is 0 Å². The smallest absolute Gasteiger partial charge is 0.120 e. The lowest BCUT2D eigenvalue weighted by Crippen LogP contribution is -1.90. The molecule has 0 amide bonds. The van der Waals surface area contributed by atoms with Gasteiger partial charge in [-0.25, -0.2) is 0 Å². The molecule has 4 heteroatoms. The van der Waals surface area contributed by atoms with Crippen molar-refractivity contribution in [1.29, 1.82) is 0 Å². The van der Waals surface area contributed by atoms with Gasteiger partial charge < -0.3 is 10.5 Å². The lowest BCUT2D eigenvalue weighted by atomic mass is 10.2. The zero-order chi connectivity index (χ0) is 10.1. The molecule has 0 saturated heterocycles. The summed E-state index contributed by atoms with van der Waals surface area (Å²) in [5.41, 5.74) is 5.81. The highest BCUT2D eigenvalue weighted by Gasteiger charge is 2.07. The van der Waals surface area contributed by atoms with Gasteiger partial charge in [0.1, 0.15) is 10.8 Å². The monoisotopic (exact) mass is 271 g/mol. The fourth-order valence-electron chi connectivity index (χ4n) is 1.32. The van der Waals surface area contributed by atoms with Crippen molar-refractivity contribution in [3.8, 4) is 5.75 Å². The van der Waals surface area contributed by atoms with E-state index in [4.69, 9.17) is 10.5 Å². The van der Waals surface area contributed by atoms with Gasteiger partial charge in [0.05, 0.1) is 11.1 Å². The molecule has 0 atom stereocenters. The van der Waals surface area contributed by atoms with Gasteiger partial charge in [-0.15, -0.1) is 11.3 Å². The van der Waals surface area contributed by atoms with E-state index in [9.17, 15) is 0 Å². The summed E-state index contributed by atoms with van der Waals surface area (Å²) in [5.74, 6) is 0.888. The van der Waals surface area contributed by atoms with Crippen molar-refractivity contribution in [2.45, 2.75) is 6.92 Å². The highest BCUT2D eigenvalue weighted by atomic mass is 79.9. The molecule has 2 N–H and O–H groups in total. The zero-order valence-corrected chi connectivity index (χ0v) is 10.1. The number of anilines is 1. The lowest BCUT2D eigenvalue weighted by molar-refractivity contribution is 0.341. The van der Waals surface area contributed by atoms with Crippen molar-refractivity contribution in [2.75, 3.05) is 12.3 Å². The van der Waals surface area contributed by atoms with Crippen LogP contribution in [0, 0.1) is 0 Å². The van der Waals surface area contributed by atoms with Crippen LogP contribution < -0.4 is 10.5 Å². The highest BCUT2D eigenvalue weighted by Crippen LogP contribution is 2.39. The molecule has 1 heterocycles. The minimum Gasteiger partial charge on any atom is -0.494 e. The number of fused-ring (bicyclic) bond motifs is 1. The van der Waals surface area contributed by atoms with E-state index >= 15 is 0 Å². The van der Waals surface area contributed by atoms with Gasteiger partial charge in [-0.3, -0.25) is 0 Å². The summed E-state index contributed by atoms with van der Waals surface area (Å²) in [6.45, 7) is 2.66. The molecule has 74 valence electrons. The van der Waals surface area contributed by atoms with Gasteiger partial charge in [0.15, 0.2) is 0 Å². The first kappa shape index (κ1) is 9.80. The fraction of sp³-hybridized carbons (Fsp3) is 0.200. The summed E-state index contributed by atoms with van der Waals surface area (Å²) >= 11 is 5.05. The predicted molar refractivity (Wildman–Crippen MR) is 65.1 cm³/mol. The Bertz CT molecular complexity index is 466. The van der Waals surface area contributed by atoms with Crippen LogP contribution in [0.3, 0.4) is 0 Å². The van der Waals surface area contributed by atoms with Crippen LogP contribution in [0.4, 0.5) is 5.00 Å². The first-order valence-electron chi connectivity index (χ1n) is 4.32. The van der Waals surface area contributed by atoms with Crippen molar-refractivity contribution in [2.24, 2.45) is 0 Å². The second kappa shape index (κ2) is 3.79. The first-order valence-corrected chi connectivity index (χ1v) is 5.93. The molecule has 0 unspecified atom stereocenters. The van der Waals surface area contributed by atoms with Gasteiger partial charge in [-0.2, -0.15) is 0 Å². The fourth-order valence-corrected chi connectivity index (χ4v) is 2.87. The van der Waals surface area contributed by atoms with Crippen molar-refractivity contribution in [3.05, 3.63) is 22.7 Å². The van der Waals surface area contributed by atoms with E-state index in [-0.39, 0.29) is 0 Å². The second-order valence-electron chi connectivity index (χ2n) is 2.87. The average molecular weight is 272 g/mol. The number of ether oxygens (including phenoxy) is 1. The molecule has 14 heavy (non-hydrogen) atoms. The summed E-state index contributed by atoms with van der Waals surface area (Å²) < 4.78 is 7.57. The van der Waals surface area contributed by atoms with E-state index in [1.165, 1.54) is 4.70 Å². The Morgan fingerprint density at radius 2 is 2.29 bits per heavy atom. The molecular formula is C10H10BrNOS. The Balaban J connectivity index is 2.58. The van der Waals surface area contributed by atoms with E-state index in [1.807, 2.05) is 25.1 Å². The van der Waals surface area contributed by atoms with E-state index in [0.717, 1.165) is 20.6 Å². The lowest BCUT2D eigenvalue weighted by Gasteiger charge is -2.01. The topological polar surface area (TPSA) is 35.2 Å². The van der Waals surface area contributed by atoms with Gasteiger partial charge in [-0.1, -0.05) is 0 Å². The number of hydrogen-bond acceptors (Lipinski definition) is 3. The highest BCUT2D eigenvalue weighted by molar-refractivity contribution is 9.10. The number of hydrogen-bond donors (Lipinski definition) is 1. The number of nitrogen functional groups attached to an aromatic ring is 1. The average Bonchev–Trinajstić information content (AvgIpc) is 2.45. The van der Waals surface area contributed by atoms with Crippen LogP contribution in [0.1, 0.15) is 6.92 Å². The van der Waals surface area contributed by atoms with E-state index < -0.39 is 0 Å². The molecule has 0 aliphatic carbocycles. The number of benzene rings is 1. The van der Waals surface area contributed by atoms with Crippen LogP contribution in [0.15, 0.2) is 22.7 Å². The van der Waals surface area contributed by atoms with Crippen LogP contribution >= 0.6 is 27.3 Å². The Labute approximate surface area is 94.8 Å². The summed E-state index contributed by atoms with van der Waals surface area (Å²) in [5, 5.41) is 1.94. The van der Waals surface area contributed by atoms with E-state index in [2.05, 4.69) is 15.9 Å². The summed E-state index contributed by atoms with van der Waals surface area (Å²) in [4.78, 5) is 0. The van der Waals surface area contributed by atoms with Crippen LogP contribution in [-0.2, 0) is 0 Å². The third kappa shape index (κ3) is 1.60. The van der Waals surface area contributed by atoms with Crippen molar-refractivity contribution >= 4 is 42.4 Å². The normalized spacial score (nSPS) is 10.7. The molecule has 1 aromatic carbocycles. The largest absolute Gasteiger partial charge is 0.494 e. The predicted octanol–water partition coefficient (Wildman–Crippen LogP) is 3.64. The second-order valence-corrected chi connectivity index (χ2v) is 4.75. The molecule has 2 nitrogen and oxygen atoms in total. The third-order valence-electron chi connectivity index (χ3n) is 1.93. The van der Waals surface area contributed by atoms with Crippen LogP contribution in [0.2, 0.25) is 0 Å². The standard InChI is InChI=1S/C10H10BrNOS/c1-2-13-6-3-4-8-7(5-6)9(11)10(12)14-8/h3-5H,2,12H2,1H3. The molecular weight excluding hydrogens is 262 g/mol. The maximum atomic E-state index is 5.81. The summed E-state index contributed by atoms with van der Waals surface area (Å²) in [6.07, 6.45) is 0. The molecule has 0 aliphatic rings. The zero-order valence-electron chi connectivity index (χ0n) is 7.71. The number of nitrogens with two attached hydrogens (primary N) is 1. The molecule has 2 aromatic rings. The maximum absolute atomic E-state index is 5.81. The van der Waals surface area contributed by atoms with Gasteiger partial charge in [-0.05, 0) is 41.1 Å². The molecule has 0 fully saturated rings. The molecule has 0 bridgehead atoms. The molecule has 1 aromatic heterocycles. The van der Waals surface area contributed by atoms with E-state index in [0.29, 0.717) is 6.61 Å². The van der Waals surface area contributed by atoms with Gasteiger partial charge >= 0.3 is 0 Å². The first-order chi connectivity index (χ1) is 6.72. The SMILES string of the molecule is CCOc1ccc2sc(N)c(Br)c2c1. The number of halogens is 1. The van der Waals surface area contributed by atoms with Crippen LogP contribution in [-0.4, -0.2) is 6.61 Å². The maximum Gasteiger partial charge on any atom is 0.120 e.